The van der Waals surface area contributed by atoms with Crippen LogP contribution in [0.2, 0.25) is 0 Å². The number of rotatable bonds is 6. The quantitative estimate of drug-likeness (QED) is 0.784. The van der Waals surface area contributed by atoms with Crippen LogP contribution in [-0.2, 0) is 0 Å². The van der Waals surface area contributed by atoms with Crippen molar-refractivity contribution in [2.75, 3.05) is 6.54 Å². The highest BCUT2D eigenvalue weighted by molar-refractivity contribution is 5.64. The molecule has 0 aliphatic rings. The summed E-state index contributed by atoms with van der Waals surface area (Å²) in [6.07, 6.45) is 2.18. The summed E-state index contributed by atoms with van der Waals surface area (Å²) >= 11 is 0. The standard InChI is InChI=1S/C18H22FN/c1-3-13-20-18(4-2)15-11-9-14(10-12-15)16-7-5-6-8-17(16)19/h5-12,18,20H,3-4,13H2,1-2H3. The maximum atomic E-state index is 13.8. The van der Waals surface area contributed by atoms with E-state index in [0.29, 0.717) is 11.6 Å². The Morgan fingerprint density at radius 2 is 1.70 bits per heavy atom. The summed E-state index contributed by atoms with van der Waals surface area (Å²) in [4.78, 5) is 0. The fourth-order valence-electron chi connectivity index (χ4n) is 2.41. The molecule has 2 heteroatoms. The van der Waals surface area contributed by atoms with E-state index in [9.17, 15) is 4.39 Å². The second kappa shape index (κ2) is 7.20. The SMILES string of the molecule is CCCNC(CC)c1ccc(-c2ccccc2F)cc1. The molecule has 0 aliphatic heterocycles. The van der Waals surface area contributed by atoms with Gasteiger partial charge in [0.25, 0.3) is 0 Å². The monoisotopic (exact) mass is 271 g/mol. The highest BCUT2D eigenvalue weighted by atomic mass is 19.1. The summed E-state index contributed by atoms with van der Waals surface area (Å²) in [5.41, 5.74) is 2.85. The van der Waals surface area contributed by atoms with Crippen LogP contribution in [0.3, 0.4) is 0 Å². The van der Waals surface area contributed by atoms with Gasteiger partial charge in [-0.15, -0.1) is 0 Å². The van der Waals surface area contributed by atoms with E-state index in [1.54, 1.807) is 6.07 Å². The van der Waals surface area contributed by atoms with Crippen molar-refractivity contribution >= 4 is 0 Å². The van der Waals surface area contributed by atoms with E-state index < -0.39 is 0 Å². The molecule has 1 unspecified atom stereocenters. The van der Waals surface area contributed by atoms with Crippen LogP contribution in [-0.4, -0.2) is 6.54 Å². The highest BCUT2D eigenvalue weighted by Crippen LogP contribution is 2.25. The molecule has 0 fully saturated rings. The van der Waals surface area contributed by atoms with Crippen molar-refractivity contribution in [2.24, 2.45) is 0 Å². The van der Waals surface area contributed by atoms with Crippen LogP contribution in [0.15, 0.2) is 48.5 Å². The van der Waals surface area contributed by atoms with E-state index in [1.807, 2.05) is 24.3 Å². The van der Waals surface area contributed by atoms with E-state index >= 15 is 0 Å². The van der Waals surface area contributed by atoms with Crippen LogP contribution < -0.4 is 5.32 Å². The molecule has 1 atom stereocenters. The van der Waals surface area contributed by atoms with E-state index in [0.717, 1.165) is 24.9 Å². The minimum absolute atomic E-state index is 0.170. The molecule has 20 heavy (non-hydrogen) atoms. The Balaban J connectivity index is 2.19. The summed E-state index contributed by atoms with van der Waals surface area (Å²) in [5.74, 6) is -0.170. The third kappa shape index (κ3) is 3.45. The average molecular weight is 271 g/mol. The van der Waals surface area contributed by atoms with Crippen LogP contribution in [0.5, 0.6) is 0 Å². The molecule has 1 nitrogen and oxygen atoms in total. The minimum Gasteiger partial charge on any atom is -0.310 e. The van der Waals surface area contributed by atoms with Crippen LogP contribution in [0.4, 0.5) is 4.39 Å². The van der Waals surface area contributed by atoms with Gasteiger partial charge >= 0.3 is 0 Å². The zero-order valence-corrected chi connectivity index (χ0v) is 12.2. The largest absolute Gasteiger partial charge is 0.310 e. The normalized spacial score (nSPS) is 12.3. The smallest absolute Gasteiger partial charge is 0.131 e. The molecule has 2 rings (SSSR count). The molecule has 1 N–H and O–H groups in total. The maximum absolute atomic E-state index is 13.8. The molecule has 0 saturated carbocycles. The van der Waals surface area contributed by atoms with E-state index in [-0.39, 0.29) is 5.82 Å². The van der Waals surface area contributed by atoms with Gasteiger partial charge in [0.2, 0.25) is 0 Å². The number of benzene rings is 2. The van der Waals surface area contributed by atoms with Gasteiger partial charge in [-0.1, -0.05) is 56.3 Å². The molecule has 0 aliphatic carbocycles. The molecular weight excluding hydrogens is 249 g/mol. The topological polar surface area (TPSA) is 12.0 Å². The zero-order valence-electron chi connectivity index (χ0n) is 12.2. The first-order valence-corrected chi connectivity index (χ1v) is 7.34. The Kier molecular flexibility index (Phi) is 5.31. The van der Waals surface area contributed by atoms with E-state index in [4.69, 9.17) is 0 Å². The summed E-state index contributed by atoms with van der Waals surface area (Å²) in [7, 11) is 0. The molecule has 0 heterocycles. The molecule has 0 aromatic heterocycles. The molecule has 0 saturated heterocycles. The maximum Gasteiger partial charge on any atom is 0.131 e. The second-order valence-corrected chi connectivity index (χ2v) is 5.02. The van der Waals surface area contributed by atoms with Gasteiger partial charge in [0.15, 0.2) is 0 Å². The molecule has 2 aromatic carbocycles. The van der Waals surface area contributed by atoms with Crippen LogP contribution in [0.1, 0.15) is 38.3 Å². The van der Waals surface area contributed by atoms with Crippen LogP contribution >= 0.6 is 0 Å². The van der Waals surface area contributed by atoms with Gasteiger partial charge in [-0.25, -0.2) is 4.39 Å². The molecular formula is C18H22FN. The number of hydrogen-bond donors (Lipinski definition) is 1. The third-order valence-corrected chi connectivity index (χ3v) is 3.55. The summed E-state index contributed by atoms with van der Waals surface area (Å²) in [5, 5.41) is 3.53. The number of hydrogen-bond acceptors (Lipinski definition) is 1. The zero-order chi connectivity index (χ0) is 14.4. The predicted molar refractivity (Wildman–Crippen MR) is 83.2 cm³/mol. The molecule has 0 spiro atoms. The first kappa shape index (κ1) is 14.7. The van der Waals surface area contributed by atoms with Crippen molar-refractivity contribution in [1.29, 1.82) is 0 Å². The highest BCUT2D eigenvalue weighted by Gasteiger charge is 2.09. The fourth-order valence-corrected chi connectivity index (χ4v) is 2.41. The lowest BCUT2D eigenvalue weighted by Crippen LogP contribution is -2.21. The summed E-state index contributed by atoms with van der Waals surface area (Å²) in [6.45, 7) is 5.37. The van der Waals surface area contributed by atoms with Gasteiger partial charge < -0.3 is 5.32 Å². The van der Waals surface area contributed by atoms with Gasteiger partial charge in [-0.2, -0.15) is 0 Å². The average Bonchev–Trinajstić information content (AvgIpc) is 2.49. The van der Waals surface area contributed by atoms with Gasteiger partial charge in [-0.3, -0.25) is 0 Å². The molecule has 0 amide bonds. The molecule has 0 radical (unpaired) electrons. The van der Waals surface area contributed by atoms with Crippen LogP contribution in [0.25, 0.3) is 11.1 Å². The predicted octanol–water partition coefficient (Wildman–Crippen LogP) is 4.94. The molecule has 106 valence electrons. The lowest BCUT2D eigenvalue weighted by molar-refractivity contribution is 0.518. The van der Waals surface area contributed by atoms with Crippen molar-refractivity contribution < 1.29 is 4.39 Å². The van der Waals surface area contributed by atoms with E-state index in [1.165, 1.54) is 11.6 Å². The van der Waals surface area contributed by atoms with Gasteiger partial charge in [0.1, 0.15) is 5.82 Å². The molecule has 2 aromatic rings. The Morgan fingerprint density at radius 3 is 2.30 bits per heavy atom. The number of nitrogens with one attached hydrogen (secondary N) is 1. The first-order chi connectivity index (χ1) is 9.76. The minimum atomic E-state index is -0.170. The van der Waals surface area contributed by atoms with Gasteiger partial charge in [0, 0.05) is 11.6 Å². The first-order valence-electron chi connectivity index (χ1n) is 7.34. The van der Waals surface area contributed by atoms with E-state index in [2.05, 4.69) is 31.3 Å². The van der Waals surface area contributed by atoms with Gasteiger partial charge in [0.05, 0.1) is 0 Å². The summed E-state index contributed by atoms with van der Waals surface area (Å²) in [6, 6.07) is 15.5. The Bertz CT molecular complexity index is 533. The number of halogens is 1. The Labute approximate surface area is 120 Å². The van der Waals surface area contributed by atoms with Crippen molar-refractivity contribution in [3.63, 3.8) is 0 Å². The lowest BCUT2D eigenvalue weighted by atomic mass is 9.99. The summed E-state index contributed by atoms with van der Waals surface area (Å²) < 4.78 is 13.8. The van der Waals surface area contributed by atoms with Crippen molar-refractivity contribution in [3.8, 4) is 11.1 Å². The van der Waals surface area contributed by atoms with Crippen molar-refractivity contribution in [2.45, 2.75) is 32.7 Å². The fraction of sp³-hybridized carbons (Fsp3) is 0.333. The third-order valence-electron chi connectivity index (χ3n) is 3.55. The van der Waals surface area contributed by atoms with Crippen LogP contribution in [0, 0.1) is 5.82 Å². The Hall–Kier alpha value is -1.67. The second-order valence-electron chi connectivity index (χ2n) is 5.02. The van der Waals surface area contributed by atoms with Gasteiger partial charge in [-0.05, 0) is 36.6 Å². The Morgan fingerprint density at radius 1 is 1.00 bits per heavy atom. The van der Waals surface area contributed by atoms with Crippen molar-refractivity contribution in [3.05, 3.63) is 59.9 Å². The molecule has 0 bridgehead atoms. The lowest BCUT2D eigenvalue weighted by Gasteiger charge is -2.17. The van der Waals surface area contributed by atoms with Crippen molar-refractivity contribution in [1.82, 2.24) is 5.32 Å².